The van der Waals surface area contributed by atoms with Crippen molar-refractivity contribution < 1.29 is 5.11 Å². The van der Waals surface area contributed by atoms with E-state index in [-0.39, 0.29) is 6.10 Å². The number of aliphatic hydroxyl groups is 1. The molecular formula is C12H22OSi. The summed E-state index contributed by atoms with van der Waals surface area (Å²) in [6.07, 6.45) is 8.36. The van der Waals surface area contributed by atoms with Crippen LogP contribution in [0.3, 0.4) is 0 Å². The van der Waals surface area contributed by atoms with Gasteiger partial charge in [-0.15, -0.1) is 0 Å². The van der Waals surface area contributed by atoms with Crippen molar-refractivity contribution in [1.82, 2.24) is 0 Å². The molecule has 0 heterocycles. The second-order valence-corrected chi connectivity index (χ2v) is 11.5. The number of allylic oxidation sites excluding steroid dienone is 1. The molecule has 0 aromatic carbocycles. The summed E-state index contributed by atoms with van der Waals surface area (Å²) in [6, 6.07) is 0. The molecule has 2 heteroatoms. The fourth-order valence-corrected chi connectivity index (χ4v) is 5.15. The summed E-state index contributed by atoms with van der Waals surface area (Å²) in [6.45, 7) is 7.17. The largest absolute Gasteiger partial charge is 0.389 e. The zero-order valence-corrected chi connectivity index (χ0v) is 10.6. The van der Waals surface area contributed by atoms with Gasteiger partial charge >= 0.3 is 0 Å². The third kappa shape index (κ3) is 1.59. The van der Waals surface area contributed by atoms with Crippen LogP contribution in [0, 0.1) is 0 Å². The lowest BCUT2D eigenvalue weighted by Crippen LogP contribution is -2.37. The van der Waals surface area contributed by atoms with Gasteiger partial charge in [-0.05, 0) is 37.1 Å². The number of hydrogen-bond acceptors (Lipinski definition) is 1. The third-order valence-corrected chi connectivity index (χ3v) is 8.02. The molecule has 0 spiro atoms. The summed E-state index contributed by atoms with van der Waals surface area (Å²) >= 11 is 0. The van der Waals surface area contributed by atoms with Crippen molar-refractivity contribution in [2.45, 2.75) is 62.9 Å². The minimum Gasteiger partial charge on any atom is -0.389 e. The van der Waals surface area contributed by atoms with Crippen molar-refractivity contribution in [1.29, 1.82) is 0 Å². The van der Waals surface area contributed by atoms with Gasteiger partial charge in [-0.2, -0.15) is 0 Å². The van der Waals surface area contributed by atoms with Crippen LogP contribution < -0.4 is 0 Å². The van der Waals surface area contributed by atoms with Gasteiger partial charge in [0.05, 0.1) is 14.2 Å². The molecule has 2 aliphatic rings. The Labute approximate surface area is 88.2 Å². The molecular weight excluding hydrogens is 188 g/mol. The fourth-order valence-electron chi connectivity index (χ4n) is 2.55. The topological polar surface area (TPSA) is 20.2 Å². The zero-order valence-electron chi connectivity index (χ0n) is 9.64. The summed E-state index contributed by atoms with van der Waals surface area (Å²) < 4.78 is 0. The van der Waals surface area contributed by atoms with E-state index >= 15 is 0 Å². The van der Waals surface area contributed by atoms with Crippen LogP contribution in [0.4, 0.5) is 0 Å². The van der Waals surface area contributed by atoms with E-state index in [1.807, 2.05) is 0 Å². The minimum atomic E-state index is -1.19. The molecule has 14 heavy (non-hydrogen) atoms. The molecule has 0 radical (unpaired) electrons. The van der Waals surface area contributed by atoms with Gasteiger partial charge in [0.15, 0.2) is 0 Å². The molecule has 0 amide bonds. The first kappa shape index (κ1) is 10.4. The normalized spacial score (nSPS) is 26.7. The summed E-state index contributed by atoms with van der Waals surface area (Å²) in [7, 11) is -1.19. The molecule has 0 aromatic heterocycles. The van der Waals surface area contributed by atoms with Crippen molar-refractivity contribution in [3.8, 4) is 0 Å². The van der Waals surface area contributed by atoms with Gasteiger partial charge in [-0.25, -0.2) is 0 Å². The molecule has 80 valence electrons. The van der Waals surface area contributed by atoms with Crippen LogP contribution in [-0.4, -0.2) is 19.3 Å². The molecule has 0 bridgehead atoms. The van der Waals surface area contributed by atoms with Crippen LogP contribution in [0.15, 0.2) is 11.6 Å². The molecule has 2 rings (SSSR count). The molecule has 2 fully saturated rings. The highest BCUT2D eigenvalue weighted by atomic mass is 28.3. The lowest BCUT2D eigenvalue weighted by molar-refractivity contribution is 0.200. The lowest BCUT2D eigenvalue weighted by Gasteiger charge is -2.33. The average Bonchev–Trinajstić information content (AvgIpc) is 2.73. The van der Waals surface area contributed by atoms with E-state index in [1.54, 1.807) is 0 Å². The maximum absolute atomic E-state index is 10.3. The van der Waals surface area contributed by atoms with E-state index in [4.69, 9.17) is 0 Å². The first-order chi connectivity index (χ1) is 6.46. The smallest absolute Gasteiger partial charge is 0.0755 e. The fraction of sp³-hybridized carbons (Fsp3) is 0.833. The minimum absolute atomic E-state index is 0.135. The molecule has 1 atom stereocenters. The predicted molar refractivity (Wildman–Crippen MR) is 63.2 cm³/mol. The van der Waals surface area contributed by atoms with Crippen LogP contribution in [0.5, 0.6) is 0 Å². The van der Waals surface area contributed by atoms with E-state index in [2.05, 4.69) is 25.7 Å². The van der Waals surface area contributed by atoms with Crippen molar-refractivity contribution >= 4 is 8.07 Å². The Morgan fingerprint density at radius 1 is 1.29 bits per heavy atom. The van der Waals surface area contributed by atoms with Crippen LogP contribution >= 0.6 is 0 Å². The van der Waals surface area contributed by atoms with Gasteiger partial charge in [-0.1, -0.05) is 31.3 Å². The van der Waals surface area contributed by atoms with E-state index < -0.39 is 8.07 Å². The van der Waals surface area contributed by atoms with Gasteiger partial charge in [0, 0.05) is 0 Å². The Hall–Kier alpha value is -0.0831. The first-order valence-corrected chi connectivity index (χ1v) is 9.33. The Bertz CT molecular complexity index is 252. The quantitative estimate of drug-likeness (QED) is 0.559. The van der Waals surface area contributed by atoms with Gasteiger partial charge < -0.3 is 5.11 Å². The molecule has 0 aromatic rings. The van der Waals surface area contributed by atoms with E-state index in [0.717, 1.165) is 0 Å². The van der Waals surface area contributed by atoms with E-state index in [1.165, 1.54) is 37.7 Å². The SMILES string of the molecule is C[Si](C)(C)C1([C@@H](O)C=C2CCC2)CC1. The molecule has 1 N–H and O–H groups in total. The molecule has 1 nitrogen and oxygen atoms in total. The summed E-state index contributed by atoms with van der Waals surface area (Å²) in [5.74, 6) is 0. The van der Waals surface area contributed by atoms with Crippen LogP contribution in [0.1, 0.15) is 32.1 Å². The van der Waals surface area contributed by atoms with Gasteiger partial charge in [0.25, 0.3) is 0 Å². The number of aliphatic hydroxyl groups excluding tert-OH is 1. The van der Waals surface area contributed by atoms with Crippen molar-refractivity contribution in [2.24, 2.45) is 0 Å². The number of hydrogen-bond donors (Lipinski definition) is 1. The third-order valence-electron chi connectivity index (χ3n) is 4.24. The molecule has 2 aliphatic carbocycles. The lowest BCUT2D eigenvalue weighted by atomic mass is 9.90. The summed E-state index contributed by atoms with van der Waals surface area (Å²) in [4.78, 5) is 0. The molecule has 0 aliphatic heterocycles. The van der Waals surface area contributed by atoms with Crippen LogP contribution in [-0.2, 0) is 0 Å². The highest BCUT2D eigenvalue weighted by Gasteiger charge is 2.56. The van der Waals surface area contributed by atoms with Crippen molar-refractivity contribution in [3.05, 3.63) is 11.6 Å². The second kappa shape index (κ2) is 3.21. The summed E-state index contributed by atoms with van der Waals surface area (Å²) in [5, 5.41) is 10.6. The van der Waals surface area contributed by atoms with Crippen LogP contribution in [0.25, 0.3) is 0 Å². The average molecular weight is 210 g/mol. The Morgan fingerprint density at radius 2 is 1.86 bits per heavy atom. The Kier molecular flexibility index (Phi) is 2.39. The van der Waals surface area contributed by atoms with Crippen LogP contribution in [0.2, 0.25) is 24.7 Å². The van der Waals surface area contributed by atoms with Crippen molar-refractivity contribution in [2.75, 3.05) is 0 Å². The van der Waals surface area contributed by atoms with Crippen molar-refractivity contribution in [3.63, 3.8) is 0 Å². The van der Waals surface area contributed by atoms with E-state index in [9.17, 15) is 5.11 Å². The Balaban J connectivity index is 2.07. The maximum Gasteiger partial charge on any atom is 0.0755 e. The van der Waals surface area contributed by atoms with Gasteiger partial charge in [0.1, 0.15) is 0 Å². The first-order valence-electron chi connectivity index (χ1n) is 5.83. The van der Waals surface area contributed by atoms with Gasteiger partial charge in [0.2, 0.25) is 0 Å². The highest BCUT2D eigenvalue weighted by molar-refractivity contribution is 6.80. The molecule has 2 saturated carbocycles. The summed E-state index contributed by atoms with van der Waals surface area (Å²) in [5.41, 5.74) is 1.50. The zero-order chi connectivity index (χ0) is 10.4. The van der Waals surface area contributed by atoms with E-state index in [0.29, 0.717) is 5.04 Å². The van der Waals surface area contributed by atoms with Gasteiger partial charge in [-0.3, -0.25) is 0 Å². The number of rotatable bonds is 3. The highest BCUT2D eigenvalue weighted by Crippen LogP contribution is 2.63. The molecule has 0 unspecified atom stereocenters. The standard InChI is InChI=1S/C12H22OSi/c1-14(2,3)12(7-8-12)11(13)9-10-5-4-6-10/h9,11,13H,4-8H2,1-3H3/t11-/m0/s1. The monoisotopic (exact) mass is 210 g/mol. The second-order valence-electron chi connectivity index (χ2n) is 6.03. The maximum atomic E-state index is 10.3. The molecule has 0 saturated heterocycles. The predicted octanol–water partition coefficient (Wildman–Crippen LogP) is 3.33. The Morgan fingerprint density at radius 3 is 2.14 bits per heavy atom.